The Morgan fingerprint density at radius 3 is 2.62 bits per heavy atom. The highest BCUT2D eigenvalue weighted by Gasteiger charge is 2.37. The largest absolute Gasteiger partial charge is 0.464 e. The average molecular weight is 568 g/mol. The number of ether oxygens (including phenoxy) is 1. The minimum absolute atomic E-state index is 0.0978. The second-order valence-corrected chi connectivity index (χ2v) is 16.1. The lowest BCUT2D eigenvalue weighted by atomic mass is 10.2. The SMILES string of the molecule is Cc1ccc(NC(=O)C(CCCO[Si](C)(C)C(C)(C)C)Oc2ncnc3c2cnn3-c2ncccc2Cl)nc1. The summed E-state index contributed by atoms with van der Waals surface area (Å²) in [6.07, 6.45) is 6.45. The van der Waals surface area contributed by atoms with Gasteiger partial charge in [-0.1, -0.05) is 38.4 Å². The van der Waals surface area contributed by atoms with Gasteiger partial charge in [0, 0.05) is 19.0 Å². The fourth-order valence-electron chi connectivity index (χ4n) is 3.54. The Morgan fingerprint density at radius 1 is 1.13 bits per heavy atom. The quantitative estimate of drug-likeness (QED) is 0.190. The van der Waals surface area contributed by atoms with Gasteiger partial charge in [-0.05, 0) is 61.7 Å². The molecular formula is C27H34ClN7O3Si. The normalized spacial score (nSPS) is 12.9. The summed E-state index contributed by atoms with van der Waals surface area (Å²) < 4.78 is 14.1. The third-order valence-electron chi connectivity index (χ3n) is 6.86. The monoisotopic (exact) mass is 567 g/mol. The van der Waals surface area contributed by atoms with Gasteiger partial charge in [0.25, 0.3) is 5.91 Å². The summed E-state index contributed by atoms with van der Waals surface area (Å²) in [7, 11) is -1.91. The number of fused-ring (bicyclic) bond motifs is 1. The number of carbonyl (C=O) groups excluding carboxylic acids is 1. The molecule has 10 nitrogen and oxygen atoms in total. The minimum Gasteiger partial charge on any atom is -0.464 e. The lowest BCUT2D eigenvalue weighted by molar-refractivity contribution is -0.123. The third-order valence-corrected chi connectivity index (χ3v) is 11.7. The van der Waals surface area contributed by atoms with Crippen molar-refractivity contribution in [2.24, 2.45) is 0 Å². The molecule has 4 rings (SSSR count). The molecule has 12 heteroatoms. The summed E-state index contributed by atoms with van der Waals surface area (Å²) in [5.41, 5.74) is 1.46. The van der Waals surface area contributed by atoms with Crippen LogP contribution in [-0.4, -0.2) is 56.7 Å². The van der Waals surface area contributed by atoms with E-state index in [4.69, 9.17) is 20.8 Å². The van der Waals surface area contributed by atoms with Gasteiger partial charge in [0.1, 0.15) is 17.5 Å². The number of aromatic nitrogens is 6. The maximum atomic E-state index is 13.4. The van der Waals surface area contributed by atoms with E-state index in [-0.39, 0.29) is 16.8 Å². The average Bonchev–Trinajstić information content (AvgIpc) is 3.31. The molecule has 0 fully saturated rings. The van der Waals surface area contributed by atoms with Gasteiger partial charge in [-0.25, -0.2) is 19.9 Å². The number of hydrogen-bond donors (Lipinski definition) is 1. The van der Waals surface area contributed by atoms with E-state index in [1.54, 1.807) is 36.8 Å². The van der Waals surface area contributed by atoms with Crippen LogP contribution in [0.25, 0.3) is 16.9 Å². The van der Waals surface area contributed by atoms with E-state index in [9.17, 15) is 4.79 Å². The Morgan fingerprint density at radius 2 is 1.92 bits per heavy atom. The first-order valence-corrected chi connectivity index (χ1v) is 16.1. The molecule has 0 saturated carbocycles. The maximum absolute atomic E-state index is 13.4. The first kappa shape index (κ1) is 28.6. The Balaban J connectivity index is 1.56. The van der Waals surface area contributed by atoms with Crippen LogP contribution >= 0.6 is 11.6 Å². The number of pyridine rings is 2. The highest BCUT2D eigenvalue weighted by Crippen LogP contribution is 2.36. The third kappa shape index (κ3) is 6.78. The summed E-state index contributed by atoms with van der Waals surface area (Å²) in [4.78, 5) is 30.6. The van der Waals surface area contributed by atoms with Gasteiger partial charge < -0.3 is 14.5 Å². The van der Waals surface area contributed by atoms with Crippen LogP contribution in [0.1, 0.15) is 39.2 Å². The van der Waals surface area contributed by atoms with Crippen molar-refractivity contribution in [3.63, 3.8) is 0 Å². The molecule has 0 spiro atoms. The van der Waals surface area contributed by atoms with E-state index < -0.39 is 14.4 Å². The van der Waals surface area contributed by atoms with Crippen LogP contribution < -0.4 is 10.1 Å². The van der Waals surface area contributed by atoms with Gasteiger partial charge in [0.15, 0.2) is 25.9 Å². The number of nitrogens with zero attached hydrogens (tertiary/aromatic N) is 6. The molecule has 4 heterocycles. The van der Waals surface area contributed by atoms with Gasteiger partial charge in [0.05, 0.1) is 11.2 Å². The number of anilines is 1. The molecule has 4 aromatic rings. The van der Waals surface area contributed by atoms with Crippen LogP contribution in [0, 0.1) is 6.92 Å². The van der Waals surface area contributed by atoms with Crippen molar-refractivity contribution in [1.29, 1.82) is 0 Å². The van der Waals surface area contributed by atoms with Crippen molar-refractivity contribution < 1.29 is 14.0 Å². The molecule has 0 radical (unpaired) electrons. The Labute approximate surface area is 234 Å². The predicted molar refractivity (Wildman–Crippen MR) is 154 cm³/mol. The summed E-state index contributed by atoms with van der Waals surface area (Å²) in [6.45, 7) is 13.5. The number of amides is 1. The van der Waals surface area contributed by atoms with Crippen molar-refractivity contribution in [2.45, 2.75) is 64.8 Å². The van der Waals surface area contributed by atoms with Crippen molar-refractivity contribution in [3.05, 3.63) is 59.8 Å². The molecule has 1 atom stereocenters. The molecular weight excluding hydrogens is 534 g/mol. The van der Waals surface area contributed by atoms with Crippen LogP contribution in [0.4, 0.5) is 5.82 Å². The topological polar surface area (TPSA) is 117 Å². The van der Waals surface area contributed by atoms with E-state index >= 15 is 0 Å². The molecule has 0 saturated heterocycles. The first-order valence-electron chi connectivity index (χ1n) is 12.8. The molecule has 4 aromatic heterocycles. The van der Waals surface area contributed by atoms with Crippen LogP contribution in [-0.2, 0) is 9.22 Å². The van der Waals surface area contributed by atoms with E-state index in [1.165, 1.54) is 11.0 Å². The zero-order chi connectivity index (χ0) is 28.2. The molecule has 0 aromatic carbocycles. The van der Waals surface area contributed by atoms with Gasteiger partial charge in [0.2, 0.25) is 5.88 Å². The van der Waals surface area contributed by atoms with E-state index in [0.717, 1.165) is 5.56 Å². The second kappa shape index (κ2) is 11.8. The first-order chi connectivity index (χ1) is 18.5. The maximum Gasteiger partial charge on any atom is 0.266 e. The lowest BCUT2D eigenvalue weighted by Gasteiger charge is -2.36. The molecule has 0 aliphatic carbocycles. The smallest absolute Gasteiger partial charge is 0.266 e. The Hall–Kier alpha value is -3.41. The Bertz CT molecular complexity index is 1440. The number of halogens is 1. The lowest BCUT2D eigenvalue weighted by Crippen LogP contribution is -2.41. The molecule has 206 valence electrons. The zero-order valence-electron chi connectivity index (χ0n) is 23.1. The number of nitrogens with one attached hydrogen (secondary N) is 1. The standard InChI is InChI=1S/C27H34ClN7O3Si/c1-18-11-12-22(30-15-18)34-25(36)21(10-8-14-37-39(5,6)27(2,3)4)38-26-19-16-33-35(23(19)31-17-32-26)24-20(28)9-7-13-29-24/h7,9,11-13,15-17,21H,8,10,14H2,1-6H3,(H,30,34,36). The summed E-state index contributed by atoms with van der Waals surface area (Å²) >= 11 is 6.33. The summed E-state index contributed by atoms with van der Waals surface area (Å²) in [5, 5.41) is 8.31. The van der Waals surface area contributed by atoms with Crippen molar-refractivity contribution in [1.82, 2.24) is 29.7 Å². The number of rotatable bonds is 10. The molecule has 1 unspecified atom stereocenters. The van der Waals surface area contributed by atoms with Crippen LogP contribution in [0.5, 0.6) is 5.88 Å². The molecule has 0 aliphatic heterocycles. The molecule has 1 amide bonds. The Kier molecular flexibility index (Phi) is 8.63. The molecule has 0 aliphatic rings. The summed E-state index contributed by atoms with van der Waals surface area (Å²) in [6, 6.07) is 7.11. The van der Waals surface area contributed by atoms with E-state index in [2.05, 4.69) is 64.2 Å². The number of hydrogen-bond acceptors (Lipinski definition) is 8. The second-order valence-electron chi connectivity index (χ2n) is 10.8. The number of carbonyl (C=O) groups is 1. The van der Waals surface area contributed by atoms with Crippen molar-refractivity contribution in [3.8, 4) is 11.7 Å². The van der Waals surface area contributed by atoms with E-state index in [1.807, 2.05) is 13.0 Å². The van der Waals surface area contributed by atoms with Crippen LogP contribution in [0.2, 0.25) is 23.2 Å². The van der Waals surface area contributed by atoms with Gasteiger partial charge in [-0.3, -0.25) is 4.79 Å². The van der Waals surface area contributed by atoms with Crippen LogP contribution in [0.15, 0.2) is 49.2 Å². The number of aryl methyl sites for hydroxylation is 1. The van der Waals surface area contributed by atoms with Gasteiger partial charge >= 0.3 is 0 Å². The zero-order valence-corrected chi connectivity index (χ0v) is 24.9. The fraction of sp³-hybridized carbons (Fsp3) is 0.407. The van der Waals surface area contributed by atoms with Gasteiger partial charge in [-0.2, -0.15) is 9.78 Å². The molecule has 0 bridgehead atoms. The molecule has 1 N–H and O–H groups in total. The minimum atomic E-state index is -1.91. The summed E-state index contributed by atoms with van der Waals surface area (Å²) in [5.74, 6) is 0.787. The highest BCUT2D eigenvalue weighted by molar-refractivity contribution is 6.74. The van der Waals surface area contributed by atoms with Crippen molar-refractivity contribution in [2.75, 3.05) is 11.9 Å². The van der Waals surface area contributed by atoms with Crippen LogP contribution in [0.3, 0.4) is 0 Å². The van der Waals surface area contributed by atoms with Crippen molar-refractivity contribution >= 4 is 42.7 Å². The molecule has 39 heavy (non-hydrogen) atoms. The predicted octanol–water partition coefficient (Wildman–Crippen LogP) is 5.76. The van der Waals surface area contributed by atoms with E-state index in [0.29, 0.717) is 47.1 Å². The van der Waals surface area contributed by atoms with Gasteiger partial charge in [-0.15, -0.1) is 0 Å². The fourth-order valence-corrected chi connectivity index (χ4v) is 4.83. The highest BCUT2D eigenvalue weighted by atomic mass is 35.5.